The number of nitrogens with one attached hydrogen (secondary N) is 1. The third kappa shape index (κ3) is 2.93. The molecule has 1 heterocycles. The Labute approximate surface area is 124 Å². The predicted molar refractivity (Wildman–Crippen MR) is 84.8 cm³/mol. The van der Waals surface area contributed by atoms with Crippen LogP contribution in [0.5, 0.6) is 0 Å². The zero-order valence-electron chi connectivity index (χ0n) is 14.0. The normalized spacial score (nSPS) is 28.6. The molecule has 4 unspecified atom stereocenters. The van der Waals surface area contributed by atoms with Gasteiger partial charge < -0.3 is 5.32 Å². The fourth-order valence-electron chi connectivity index (χ4n) is 3.86. The van der Waals surface area contributed by atoms with E-state index in [9.17, 15) is 0 Å². The lowest BCUT2D eigenvalue weighted by Gasteiger charge is -2.37. The second-order valence-electron chi connectivity index (χ2n) is 6.77. The molecule has 0 saturated heterocycles. The molecule has 1 N–H and O–H groups in total. The highest BCUT2D eigenvalue weighted by molar-refractivity contribution is 5.29. The SMILES string of the molecule is CCNC(c1c(C)nn(C)c1C)C1CCC(C)C(C)C1. The highest BCUT2D eigenvalue weighted by Crippen LogP contribution is 2.41. The number of rotatable bonds is 4. The van der Waals surface area contributed by atoms with Gasteiger partial charge in [-0.1, -0.05) is 27.2 Å². The molecule has 1 aliphatic rings. The Morgan fingerprint density at radius 1 is 1.25 bits per heavy atom. The van der Waals surface area contributed by atoms with E-state index in [0.717, 1.165) is 24.3 Å². The Morgan fingerprint density at radius 3 is 2.45 bits per heavy atom. The molecule has 1 fully saturated rings. The third-order valence-corrected chi connectivity index (χ3v) is 5.41. The summed E-state index contributed by atoms with van der Waals surface area (Å²) in [5.74, 6) is 2.47. The summed E-state index contributed by atoms with van der Waals surface area (Å²) in [6.07, 6.45) is 4.05. The van der Waals surface area contributed by atoms with Crippen LogP contribution in [0.3, 0.4) is 0 Å². The Kier molecular flexibility index (Phi) is 4.90. The summed E-state index contributed by atoms with van der Waals surface area (Å²) in [7, 11) is 2.06. The van der Waals surface area contributed by atoms with Crippen molar-refractivity contribution in [2.75, 3.05) is 6.54 Å². The lowest BCUT2D eigenvalue weighted by Crippen LogP contribution is -2.33. The minimum Gasteiger partial charge on any atom is -0.310 e. The van der Waals surface area contributed by atoms with E-state index in [2.05, 4.69) is 52.1 Å². The minimum atomic E-state index is 0.476. The van der Waals surface area contributed by atoms with Gasteiger partial charge in [0.2, 0.25) is 0 Å². The lowest BCUT2D eigenvalue weighted by atomic mass is 9.71. The van der Waals surface area contributed by atoms with Crippen LogP contribution in [0.25, 0.3) is 0 Å². The van der Waals surface area contributed by atoms with Crippen molar-refractivity contribution < 1.29 is 0 Å². The standard InChI is InChI=1S/C17H31N3/c1-7-18-17(15-9-8-11(2)12(3)10-15)16-13(4)19-20(6)14(16)5/h11-12,15,17-18H,7-10H2,1-6H3. The molecule has 114 valence electrons. The first-order chi connectivity index (χ1) is 9.45. The van der Waals surface area contributed by atoms with Gasteiger partial charge in [-0.05, 0) is 51.0 Å². The molecule has 1 saturated carbocycles. The monoisotopic (exact) mass is 277 g/mol. The highest BCUT2D eigenvalue weighted by atomic mass is 15.3. The van der Waals surface area contributed by atoms with Crippen LogP contribution in [0.2, 0.25) is 0 Å². The van der Waals surface area contributed by atoms with E-state index in [1.165, 1.54) is 36.2 Å². The van der Waals surface area contributed by atoms with E-state index in [-0.39, 0.29) is 0 Å². The van der Waals surface area contributed by atoms with Crippen LogP contribution in [0.1, 0.15) is 63.0 Å². The summed E-state index contributed by atoms with van der Waals surface area (Å²) in [5, 5.41) is 8.36. The summed E-state index contributed by atoms with van der Waals surface area (Å²) in [6, 6.07) is 0.476. The van der Waals surface area contributed by atoms with Gasteiger partial charge in [-0.2, -0.15) is 5.10 Å². The smallest absolute Gasteiger partial charge is 0.0644 e. The molecule has 2 rings (SSSR count). The van der Waals surface area contributed by atoms with Gasteiger partial charge in [-0.15, -0.1) is 0 Å². The Bertz CT molecular complexity index is 449. The summed E-state index contributed by atoms with van der Waals surface area (Å²) in [4.78, 5) is 0. The van der Waals surface area contributed by atoms with Gasteiger partial charge in [-0.25, -0.2) is 0 Å². The second kappa shape index (κ2) is 6.30. The molecule has 0 amide bonds. The van der Waals surface area contributed by atoms with Gasteiger partial charge >= 0.3 is 0 Å². The van der Waals surface area contributed by atoms with Crippen molar-refractivity contribution in [1.29, 1.82) is 0 Å². The minimum absolute atomic E-state index is 0.476. The first kappa shape index (κ1) is 15.6. The molecule has 1 aromatic heterocycles. The topological polar surface area (TPSA) is 29.9 Å². The van der Waals surface area contributed by atoms with Crippen LogP contribution in [0, 0.1) is 31.6 Å². The van der Waals surface area contributed by atoms with Crippen molar-refractivity contribution in [3.05, 3.63) is 17.0 Å². The van der Waals surface area contributed by atoms with Crippen molar-refractivity contribution in [2.45, 2.75) is 59.9 Å². The maximum Gasteiger partial charge on any atom is 0.0644 e. The number of hydrogen-bond donors (Lipinski definition) is 1. The van der Waals surface area contributed by atoms with Gasteiger partial charge in [0.15, 0.2) is 0 Å². The molecule has 20 heavy (non-hydrogen) atoms. The van der Waals surface area contributed by atoms with Crippen LogP contribution < -0.4 is 5.32 Å². The summed E-state index contributed by atoms with van der Waals surface area (Å²) >= 11 is 0. The van der Waals surface area contributed by atoms with E-state index < -0.39 is 0 Å². The molecule has 0 aromatic carbocycles. The zero-order chi connectivity index (χ0) is 14.9. The molecule has 0 radical (unpaired) electrons. The average molecular weight is 277 g/mol. The van der Waals surface area contributed by atoms with Crippen molar-refractivity contribution >= 4 is 0 Å². The molecule has 1 aromatic rings. The second-order valence-corrected chi connectivity index (χ2v) is 6.77. The molecule has 0 aliphatic heterocycles. The fourth-order valence-corrected chi connectivity index (χ4v) is 3.86. The molecule has 0 bridgehead atoms. The van der Waals surface area contributed by atoms with Gasteiger partial charge in [0.05, 0.1) is 5.69 Å². The number of nitrogens with zero attached hydrogens (tertiary/aromatic N) is 2. The molecular formula is C17H31N3. The van der Waals surface area contributed by atoms with Crippen molar-refractivity contribution in [2.24, 2.45) is 24.8 Å². The molecule has 1 aliphatic carbocycles. The molecule has 0 spiro atoms. The fraction of sp³-hybridized carbons (Fsp3) is 0.824. The van der Waals surface area contributed by atoms with E-state index in [1.54, 1.807) is 0 Å². The van der Waals surface area contributed by atoms with Gasteiger partial charge in [0, 0.05) is 24.3 Å². The van der Waals surface area contributed by atoms with Gasteiger partial charge in [-0.3, -0.25) is 4.68 Å². The van der Waals surface area contributed by atoms with Crippen molar-refractivity contribution in [3.63, 3.8) is 0 Å². The van der Waals surface area contributed by atoms with Gasteiger partial charge in [0.1, 0.15) is 0 Å². The van der Waals surface area contributed by atoms with Crippen LogP contribution in [-0.4, -0.2) is 16.3 Å². The molecule has 3 nitrogen and oxygen atoms in total. The van der Waals surface area contributed by atoms with Crippen molar-refractivity contribution in [3.8, 4) is 0 Å². The first-order valence-electron chi connectivity index (χ1n) is 8.19. The number of aryl methyl sites for hydroxylation is 2. The quantitative estimate of drug-likeness (QED) is 0.908. The lowest BCUT2D eigenvalue weighted by molar-refractivity contribution is 0.171. The maximum absolute atomic E-state index is 4.62. The zero-order valence-corrected chi connectivity index (χ0v) is 14.0. The summed E-state index contributed by atoms with van der Waals surface area (Å²) < 4.78 is 2.03. The maximum atomic E-state index is 4.62. The third-order valence-electron chi connectivity index (χ3n) is 5.41. The van der Waals surface area contributed by atoms with Crippen LogP contribution in [-0.2, 0) is 7.05 Å². The average Bonchev–Trinajstić information content (AvgIpc) is 2.65. The van der Waals surface area contributed by atoms with Crippen molar-refractivity contribution in [1.82, 2.24) is 15.1 Å². The van der Waals surface area contributed by atoms with Crippen LogP contribution in [0.15, 0.2) is 0 Å². The van der Waals surface area contributed by atoms with E-state index in [0.29, 0.717) is 6.04 Å². The Hall–Kier alpha value is -0.830. The Balaban J connectivity index is 2.27. The largest absolute Gasteiger partial charge is 0.310 e. The van der Waals surface area contributed by atoms with Gasteiger partial charge in [0.25, 0.3) is 0 Å². The number of hydrogen-bond acceptors (Lipinski definition) is 2. The van der Waals surface area contributed by atoms with E-state index >= 15 is 0 Å². The van der Waals surface area contributed by atoms with E-state index in [4.69, 9.17) is 0 Å². The summed E-state index contributed by atoms with van der Waals surface area (Å²) in [6.45, 7) is 12.4. The molecule has 4 atom stereocenters. The Morgan fingerprint density at radius 2 is 1.95 bits per heavy atom. The molecular weight excluding hydrogens is 246 g/mol. The predicted octanol–water partition coefficient (Wildman–Crippen LogP) is 3.76. The van der Waals surface area contributed by atoms with E-state index in [1.807, 2.05) is 4.68 Å². The van der Waals surface area contributed by atoms with Crippen LogP contribution >= 0.6 is 0 Å². The molecule has 3 heteroatoms. The first-order valence-corrected chi connectivity index (χ1v) is 8.19. The highest BCUT2D eigenvalue weighted by Gasteiger charge is 2.33. The summed E-state index contributed by atoms with van der Waals surface area (Å²) in [5.41, 5.74) is 3.96. The van der Waals surface area contributed by atoms with Crippen LogP contribution in [0.4, 0.5) is 0 Å². The number of aromatic nitrogens is 2.